The molecule has 0 aliphatic carbocycles. The average molecular weight is 438 g/mol. The van der Waals surface area contributed by atoms with E-state index >= 15 is 0 Å². The van der Waals surface area contributed by atoms with Crippen LogP contribution in [0.3, 0.4) is 0 Å². The number of nitrogens with zero attached hydrogens (tertiary/aromatic N) is 3. The summed E-state index contributed by atoms with van der Waals surface area (Å²) in [6, 6.07) is 30.8. The van der Waals surface area contributed by atoms with Gasteiger partial charge in [0.1, 0.15) is 11.4 Å². The molecule has 0 radical (unpaired) electrons. The lowest BCUT2D eigenvalue weighted by Crippen LogP contribution is -2.50. The lowest BCUT2D eigenvalue weighted by Gasteiger charge is -2.39. The van der Waals surface area contributed by atoms with Crippen LogP contribution >= 0.6 is 0 Å². The van der Waals surface area contributed by atoms with Gasteiger partial charge in [0.25, 0.3) is 5.91 Å². The van der Waals surface area contributed by atoms with Crippen LogP contribution in [0.5, 0.6) is 5.75 Å². The number of piperazine rings is 1. The molecule has 5 rings (SSSR count). The van der Waals surface area contributed by atoms with Crippen LogP contribution in [0.2, 0.25) is 0 Å². The summed E-state index contributed by atoms with van der Waals surface area (Å²) in [4.78, 5) is 22.2. The van der Waals surface area contributed by atoms with Crippen LogP contribution < -0.4 is 4.74 Å². The van der Waals surface area contributed by atoms with Crippen LogP contribution in [0, 0.1) is 0 Å². The number of fused-ring (bicyclic) bond motifs is 1. The van der Waals surface area contributed by atoms with Gasteiger partial charge in [0.15, 0.2) is 0 Å². The first kappa shape index (κ1) is 21.2. The maximum Gasteiger partial charge on any atom is 0.272 e. The van der Waals surface area contributed by atoms with Gasteiger partial charge >= 0.3 is 0 Å². The van der Waals surface area contributed by atoms with Crippen LogP contribution in [-0.4, -0.2) is 54.0 Å². The summed E-state index contributed by atoms with van der Waals surface area (Å²) in [6.45, 7) is 2.98. The van der Waals surface area contributed by atoms with E-state index in [1.807, 2.05) is 35.2 Å². The molecule has 0 spiro atoms. The number of carbonyl (C=O) groups is 1. The minimum absolute atomic E-state index is 0.0108. The summed E-state index contributed by atoms with van der Waals surface area (Å²) < 4.78 is 5.28. The highest BCUT2D eigenvalue weighted by Gasteiger charge is 2.29. The molecule has 0 bridgehead atoms. The summed E-state index contributed by atoms with van der Waals surface area (Å²) in [5.41, 5.74) is 3.84. The van der Waals surface area contributed by atoms with E-state index < -0.39 is 0 Å². The Hall–Kier alpha value is -3.70. The number of rotatable bonds is 5. The number of hydrogen-bond acceptors (Lipinski definition) is 4. The van der Waals surface area contributed by atoms with Gasteiger partial charge in [0, 0.05) is 31.6 Å². The second-order valence-corrected chi connectivity index (χ2v) is 8.31. The lowest BCUT2D eigenvalue weighted by molar-refractivity contribution is 0.0592. The van der Waals surface area contributed by atoms with E-state index in [9.17, 15) is 4.79 Å². The molecule has 0 unspecified atom stereocenters. The predicted molar refractivity (Wildman–Crippen MR) is 130 cm³/mol. The number of hydrogen-bond donors (Lipinski definition) is 0. The van der Waals surface area contributed by atoms with E-state index in [-0.39, 0.29) is 11.9 Å². The lowest BCUT2D eigenvalue weighted by atomic mass is 9.96. The Morgan fingerprint density at radius 2 is 1.45 bits per heavy atom. The van der Waals surface area contributed by atoms with E-state index in [4.69, 9.17) is 4.74 Å². The standard InChI is InChI=1S/C28H27N3O2/c1-33-24-13-15-25-23(20-24)12-14-26(29-25)28(32)31-18-16-30(17-19-31)27(21-8-4-2-5-9-21)22-10-6-3-7-11-22/h2-15,20,27H,16-19H2,1H3. The molecule has 5 heteroatoms. The van der Waals surface area contributed by atoms with Crippen molar-refractivity contribution in [3.8, 4) is 5.75 Å². The summed E-state index contributed by atoms with van der Waals surface area (Å²) in [6.07, 6.45) is 0. The highest BCUT2D eigenvalue weighted by atomic mass is 16.5. The van der Waals surface area contributed by atoms with Gasteiger partial charge in [0.05, 0.1) is 18.7 Å². The van der Waals surface area contributed by atoms with Gasteiger partial charge in [-0.1, -0.05) is 66.7 Å². The van der Waals surface area contributed by atoms with Gasteiger partial charge in [-0.25, -0.2) is 4.98 Å². The Morgan fingerprint density at radius 3 is 2.06 bits per heavy atom. The molecule has 2 heterocycles. The Morgan fingerprint density at radius 1 is 0.818 bits per heavy atom. The molecule has 1 saturated heterocycles. The van der Waals surface area contributed by atoms with Crippen molar-refractivity contribution in [3.63, 3.8) is 0 Å². The van der Waals surface area contributed by atoms with Gasteiger partial charge in [-0.05, 0) is 35.4 Å². The Bertz CT molecular complexity index is 1200. The fourth-order valence-electron chi connectivity index (χ4n) is 4.58. The number of methoxy groups -OCH3 is 1. The van der Waals surface area contributed by atoms with Crippen molar-refractivity contribution >= 4 is 16.8 Å². The van der Waals surface area contributed by atoms with Gasteiger partial charge in [-0.3, -0.25) is 9.69 Å². The van der Waals surface area contributed by atoms with Crippen molar-refractivity contribution in [2.24, 2.45) is 0 Å². The summed E-state index contributed by atoms with van der Waals surface area (Å²) in [5.74, 6) is 0.772. The zero-order valence-electron chi connectivity index (χ0n) is 18.7. The number of carbonyl (C=O) groups excluding carboxylic acids is 1. The van der Waals surface area contributed by atoms with E-state index in [0.29, 0.717) is 18.8 Å². The Balaban J connectivity index is 1.32. The van der Waals surface area contributed by atoms with E-state index in [2.05, 4.69) is 70.5 Å². The van der Waals surface area contributed by atoms with E-state index in [0.717, 1.165) is 29.7 Å². The van der Waals surface area contributed by atoms with Crippen molar-refractivity contribution in [1.29, 1.82) is 0 Å². The molecule has 3 aromatic carbocycles. The summed E-state index contributed by atoms with van der Waals surface area (Å²) in [7, 11) is 1.65. The predicted octanol–water partition coefficient (Wildman–Crippen LogP) is 4.79. The first-order chi connectivity index (χ1) is 16.2. The van der Waals surface area contributed by atoms with Crippen LogP contribution in [0.1, 0.15) is 27.7 Å². The molecular formula is C28H27N3O2. The largest absolute Gasteiger partial charge is 0.497 e. The molecule has 5 nitrogen and oxygen atoms in total. The smallest absolute Gasteiger partial charge is 0.272 e. The average Bonchev–Trinajstić information content (AvgIpc) is 2.89. The van der Waals surface area contributed by atoms with E-state index in [1.165, 1.54) is 11.1 Å². The van der Waals surface area contributed by atoms with Crippen LogP contribution in [0.15, 0.2) is 91.0 Å². The van der Waals surface area contributed by atoms with Crippen molar-refractivity contribution in [2.75, 3.05) is 33.3 Å². The Kier molecular flexibility index (Phi) is 6.05. The number of ether oxygens (including phenoxy) is 1. The zero-order valence-corrected chi connectivity index (χ0v) is 18.7. The fraction of sp³-hybridized carbons (Fsp3) is 0.214. The quantitative estimate of drug-likeness (QED) is 0.450. The normalized spacial score (nSPS) is 14.5. The van der Waals surface area contributed by atoms with Crippen molar-refractivity contribution in [2.45, 2.75) is 6.04 Å². The molecule has 1 aromatic heterocycles. The van der Waals surface area contributed by atoms with Crippen LogP contribution in [0.4, 0.5) is 0 Å². The minimum atomic E-state index is -0.0108. The maximum absolute atomic E-state index is 13.2. The summed E-state index contributed by atoms with van der Waals surface area (Å²) >= 11 is 0. The van der Waals surface area contributed by atoms with Gasteiger partial charge in [-0.15, -0.1) is 0 Å². The molecule has 33 heavy (non-hydrogen) atoms. The molecule has 4 aromatic rings. The molecule has 0 saturated carbocycles. The minimum Gasteiger partial charge on any atom is -0.497 e. The van der Waals surface area contributed by atoms with Crippen molar-refractivity contribution in [3.05, 3.63) is 108 Å². The Labute approximate surface area is 194 Å². The van der Waals surface area contributed by atoms with Gasteiger partial charge < -0.3 is 9.64 Å². The molecular weight excluding hydrogens is 410 g/mol. The van der Waals surface area contributed by atoms with Gasteiger partial charge in [-0.2, -0.15) is 0 Å². The topological polar surface area (TPSA) is 45.7 Å². The third kappa shape index (κ3) is 4.45. The second kappa shape index (κ2) is 9.43. The van der Waals surface area contributed by atoms with Crippen molar-refractivity contribution < 1.29 is 9.53 Å². The fourth-order valence-corrected chi connectivity index (χ4v) is 4.58. The van der Waals surface area contributed by atoms with Crippen molar-refractivity contribution in [1.82, 2.24) is 14.8 Å². The molecule has 1 fully saturated rings. The molecule has 1 aliphatic rings. The molecule has 1 aliphatic heterocycles. The molecule has 0 atom stereocenters. The third-order valence-electron chi connectivity index (χ3n) is 6.31. The monoisotopic (exact) mass is 437 g/mol. The van der Waals surface area contributed by atoms with Crippen LogP contribution in [0.25, 0.3) is 10.9 Å². The molecule has 1 amide bonds. The highest BCUT2D eigenvalue weighted by Crippen LogP contribution is 2.29. The third-order valence-corrected chi connectivity index (χ3v) is 6.31. The van der Waals surface area contributed by atoms with E-state index in [1.54, 1.807) is 7.11 Å². The number of amides is 1. The number of benzene rings is 3. The van der Waals surface area contributed by atoms with Gasteiger partial charge in [0.2, 0.25) is 0 Å². The first-order valence-corrected chi connectivity index (χ1v) is 11.3. The maximum atomic E-state index is 13.2. The molecule has 166 valence electrons. The number of aromatic nitrogens is 1. The summed E-state index contributed by atoms with van der Waals surface area (Å²) in [5, 5.41) is 0.962. The number of pyridine rings is 1. The molecule has 0 N–H and O–H groups in total. The van der Waals surface area contributed by atoms with Crippen LogP contribution in [-0.2, 0) is 0 Å². The zero-order chi connectivity index (χ0) is 22.6. The SMILES string of the molecule is COc1ccc2nc(C(=O)N3CCN(C(c4ccccc4)c4ccccc4)CC3)ccc2c1. The second-order valence-electron chi connectivity index (χ2n) is 8.31. The highest BCUT2D eigenvalue weighted by molar-refractivity contribution is 5.95. The first-order valence-electron chi connectivity index (χ1n) is 11.3.